The number of rotatable bonds is 2. The summed E-state index contributed by atoms with van der Waals surface area (Å²) in [4.78, 5) is 15.9. The molecule has 1 amide bonds. The van der Waals surface area contributed by atoms with Crippen LogP contribution in [0.1, 0.15) is 15.9 Å². The molecule has 0 unspecified atom stereocenters. The second kappa shape index (κ2) is 5.47. The van der Waals surface area contributed by atoms with Crippen LogP contribution in [-0.4, -0.2) is 10.9 Å². The zero-order valence-corrected chi connectivity index (χ0v) is 11.6. The van der Waals surface area contributed by atoms with Crippen molar-refractivity contribution in [2.45, 2.75) is 6.92 Å². The smallest absolute Gasteiger partial charge is 0.257 e. The van der Waals surface area contributed by atoms with E-state index in [0.29, 0.717) is 16.3 Å². The predicted molar refractivity (Wildman–Crippen MR) is 77.8 cm³/mol. The van der Waals surface area contributed by atoms with Crippen LogP contribution in [-0.2, 0) is 0 Å². The highest BCUT2D eigenvalue weighted by molar-refractivity contribution is 6.33. The number of nitrogens with two attached hydrogens (primary N) is 1. The number of nitrogens with zero attached hydrogens (tertiary/aromatic N) is 1. The fraction of sp³-hybridized carbons (Fsp3) is 0.0769. The number of benzene rings is 1. The van der Waals surface area contributed by atoms with Gasteiger partial charge in [0, 0.05) is 16.9 Å². The van der Waals surface area contributed by atoms with Gasteiger partial charge in [-0.05, 0) is 30.7 Å². The lowest BCUT2D eigenvalue weighted by Gasteiger charge is -2.09. The number of hydrogen-bond donors (Lipinski definition) is 2. The average Bonchev–Trinajstić information content (AvgIpc) is 2.38. The Labute approximate surface area is 120 Å². The summed E-state index contributed by atoms with van der Waals surface area (Å²) in [5.74, 6) is -0.128. The largest absolute Gasteiger partial charge is 0.382 e. The number of carbonyl (C=O) groups is 1. The van der Waals surface area contributed by atoms with Gasteiger partial charge in [0.2, 0.25) is 0 Å². The Balaban J connectivity index is 2.26. The number of pyridine rings is 1. The van der Waals surface area contributed by atoms with E-state index in [4.69, 9.17) is 28.9 Å². The zero-order valence-electron chi connectivity index (χ0n) is 10.1. The summed E-state index contributed by atoms with van der Waals surface area (Å²) in [6.45, 7) is 1.83. The number of aromatic nitrogens is 1. The second-order valence-corrected chi connectivity index (χ2v) is 4.77. The Hall–Kier alpha value is -1.78. The van der Waals surface area contributed by atoms with Crippen LogP contribution in [0.3, 0.4) is 0 Å². The molecule has 98 valence electrons. The monoisotopic (exact) mass is 295 g/mol. The van der Waals surface area contributed by atoms with E-state index in [1.807, 2.05) is 6.92 Å². The molecule has 6 heteroatoms. The quantitative estimate of drug-likeness (QED) is 0.890. The summed E-state index contributed by atoms with van der Waals surface area (Å²) in [6, 6.07) is 6.76. The summed E-state index contributed by atoms with van der Waals surface area (Å²) < 4.78 is 0. The molecule has 0 atom stereocenters. The molecule has 0 radical (unpaired) electrons. The van der Waals surface area contributed by atoms with Crippen molar-refractivity contribution in [3.8, 4) is 0 Å². The van der Waals surface area contributed by atoms with Gasteiger partial charge in [-0.15, -0.1) is 0 Å². The molecule has 0 aliphatic heterocycles. The predicted octanol–water partition coefficient (Wildman–Crippen LogP) is 3.53. The van der Waals surface area contributed by atoms with Crippen molar-refractivity contribution >= 4 is 40.6 Å². The summed E-state index contributed by atoms with van der Waals surface area (Å²) in [5, 5.41) is 3.59. The van der Waals surface area contributed by atoms with E-state index in [2.05, 4.69) is 10.3 Å². The normalized spacial score (nSPS) is 10.3. The Morgan fingerprint density at radius 1 is 1.32 bits per heavy atom. The second-order valence-electron chi connectivity index (χ2n) is 3.96. The molecule has 0 saturated carbocycles. The maximum atomic E-state index is 12.0. The lowest BCUT2D eigenvalue weighted by molar-refractivity contribution is 0.102. The standard InChI is InChI=1S/C13H11Cl2N3O/c1-7-9(14)3-2-4-11(7)18-13(19)8-5-10(15)12(16)17-6-8/h2-6H,1H3,(H2,16,17)(H,18,19). The van der Waals surface area contributed by atoms with Gasteiger partial charge in [-0.3, -0.25) is 4.79 Å². The van der Waals surface area contributed by atoms with Crippen LogP contribution in [0.5, 0.6) is 0 Å². The van der Waals surface area contributed by atoms with E-state index in [9.17, 15) is 4.79 Å². The lowest BCUT2D eigenvalue weighted by atomic mass is 10.2. The molecule has 2 aromatic rings. The van der Waals surface area contributed by atoms with Gasteiger partial charge in [0.05, 0.1) is 10.6 Å². The molecule has 19 heavy (non-hydrogen) atoms. The van der Waals surface area contributed by atoms with Gasteiger partial charge in [0.1, 0.15) is 5.82 Å². The van der Waals surface area contributed by atoms with Crippen molar-refractivity contribution in [1.29, 1.82) is 0 Å². The average molecular weight is 296 g/mol. The molecule has 1 aromatic heterocycles. The van der Waals surface area contributed by atoms with Gasteiger partial charge in [0.15, 0.2) is 0 Å². The lowest BCUT2D eigenvalue weighted by Crippen LogP contribution is -2.13. The number of hydrogen-bond acceptors (Lipinski definition) is 3. The maximum Gasteiger partial charge on any atom is 0.257 e. The van der Waals surface area contributed by atoms with Crippen LogP contribution in [0.25, 0.3) is 0 Å². The Morgan fingerprint density at radius 3 is 2.74 bits per heavy atom. The Kier molecular flexibility index (Phi) is 3.93. The molecule has 2 rings (SSSR count). The minimum atomic E-state index is -0.320. The first-order valence-electron chi connectivity index (χ1n) is 5.46. The van der Waals surface area contributed by atoms with Crippen LogP contribution < -0.4 is 11.1 Å². The minimum Gasteiger partial charge on any atom is -0.382 e. The van der Waals surface area contributed by atoms with Gasteiger partial charge in [-0.1, -0.05) is 29.3 Å². The minimum absolute atomic E-state index is 0.192. The molecule has 0 aliphatic rings. The third-order valence-electron chi connectivity index (χ3n) is 2.65. The van der Waals surface area contributed by atoms with E-state index in [-0.39, 0.29) is 16.7 Å². The van der Waals surface area contributed by atoms with E-state index in [0.717, 1.165) is 5.56 Å². The number of nitrogen functional groups attached to an aromatic ring is 1. The van der Waals surface area contributed by atoms with Crippen LogP contribution >= 0.6 is 23.2 Å². The number of carbonyl (C=O) groups excluding carboxylic acids is 1. The van der Waals surface area contributed by atoms with Gasteiger partial charge < -0.3 is 11.1 Å². The molecule has 3 N–H and O–H groups in total. The van der Waals surface area contributed by atoms with Crippen molar-refractivity contribution in [1.82, 2.24) is 4.98 Å². The van der Waals surface area contributed by atoms with Crippen LogP contribution in [0.15, 0.2) is 30.5 Å². The molecule has 1 aromatic carbocycles. The fourth-order valence-electron chi connectivity index (χ4n) is 1.51. The van der Waals surface area contributed by atoms with E-state index in [1.54, 1.807) is 18.2 Å². The van der Waals surface area contributed by atoms with Gasteiger partial charge >= 0.3 is 0 Å². The van der Waals surface area contributed by atoms with Crippen LogP contribution in [0, 0.1) is 6.92 Å². The van der Waals surface area contributed by atoms with Crippen molar-refractivity contribution in [2.24, 2.45) is 0 Å². The molecular weight excluding hydrogens is 285 g/mol. The number of halogens is 2. The Bertz CT molecular complexity index is 644. The first kappa shape index (κ1) is 13.6. The van der Waals surface area contributed by atoms with Crippen LogP contribution in [0.4, 0.5) is 11.5 Å². The third-order valence-corrected chi connectivity index (χ3v) is 3.36. The molecule has 0 fully saturated rings. The molecule has 0 bridgehead atoms. The van der Waals surface area contributed by atoms with E-state index >= 15 is 0 Å². The summed E-state index contributed by atoms with van der Waals surface area (Å²) in [5.41, 5.74) is 7.27. The first-order chi connectivity index (χ1) is 8.99. The molecule has 1 heterocycles. The van der Waals surface area contributed by atoms with Crippen molar-refractivity contribution in [3.63, 3.8) is 0 Å². The molecule has 4 nitrogen and oxygen atoms in total. The van der Waals surface area contributed by atoms with Crippen molar-refractivity contribution < 1.29 is 4.79 Å². The summed E-state index contributed by atoms with van der Waals surface area (Å²) in [6.07, 6.45) is 1.37. The Morgan fingerprint density at radius 2 is 2.05 bits per heavy atom. The number of anilines is 2. The molecular formula is C13H11Cl2N3O. The van der Waals surface area contributed by atoms with Crippen molar-refractivity contribution in [2.75, 3.05) is 11.1 Å². The molecule has 0 saturated heterocycles. The third kappa shape index (κ3) is 2.97. The zero-order chi connectivity index (χ0) is 14.0. The topological polar surface area (TPSA) is 68.0 Å². The van der Waals surface area contributed by atoms with E-state index in [1.165, 1.54) is 12.3 Å². The highest BCUT2D eigenvalue weighted by atomic mass is 35.5. The molecule has 0 aliphatic carbocycles. The summed E-state index contributed by atoms with van der Waals surface area (Å²) in [7, 11) is 0. The maximum absolute atomic E-state index is 12.0. The van der Waals surface area contributed by atoms with Gasteiger partial charge in [-0.25, -0.2) is 4.98 Å². The highest BCUT2D eigenvalue weighted by Gasteiger charge is 2.11. The number of nitrogens with one attached hydrogen (secondary N) is 1. The van der Waals surface area contributed by atoms with Gasteiger partial charge in [0.25, 0.3) is 5.91 Å². The van der Waals surface area contributed by atoms with E-state index < -0.39 is 0 Å². The molecule has 0 spiro atoms. The SMILES string of the molecule is Cc1c(Cl)cccc1NC(=O)c1cnc(N)c(Cl)c1. The number of amides is 1. The van der Waals surface area contributed by atoms with Crippen LogP contribution in [0.2, 0.25) is 10.0 Å². The van der Waals surface area contributed by atoms with Crippen molar-refractivity contribution in [3.05, 3.63) is 51.6 Å². The first-order valence-corrected chi connectivity index (χ1v) is 6.22. The highest BCUT2D eigenvalue weighted by Crippen LogP contribution is 2.24. The summed E-state index contributed by atoms with van der Waals surface area (Å²) >= 11 is 11.8. The fourth-order valence-corrected chi connectivity index (χ4v) is 1.85. The van der Waals surface area contributed by atoms with Gasteiger partial charge in [-0.2, -0.15) is 0 Å².